The van der Waals surface area contributed by atoms with Crippen molar-refractivity contribution in [3.63, 3.8) is 0 Å². The zero-order chi connectivity index (χ0) is 29.6. The standard InChI is InChI=1S/C24H14F6I2O6S2/c25-23(26,27)39(33,34)37-31(21-7-3-1-4-8-21)17-15-19-11-13-20(14-12-19)16-18-32(22-9-5-2-6-10-22)38-40(35,36)24(28,29)30/h1-14H. The second kappa shape index (κ2) is 13.1. The first-order chi connectivity index (χ1) is 18.6. The maximum atomic E-state index is 12.9. The number of alkyl halides is 6. The van der Waals surface area contributed by atoms with Gasteiger partial charge in [-0.25, -0.2) is 0 Å². The van der Waals surface area contributed by atoms with Gasteiger partial charge in [-0.05, 0) is 0 Å². The third-order valence-corrected chi connectivity index (χ3v) is 16.1. The molecule has 0 saturated carbocycles. The van der Waals surface area contributed by atoms with Crippen LogP contribution in [0.2, 0.25) is 0 Å². The van der Waals surface area contributed by atoms with E-state index in [2.05, 4.69) is 24.7 Å². The Kier molecular flexibility index (Phi) is 10.5. The molecule has 0 aliphatic carbocycles. The van der Waals surface area contributed by atoms with Crippen molar-refractivity contribution in [3.05, 3.63) is 103 Å². The summed E-state index contributed by atoms with van der Waals surface area (Å²) < 4.78 is 138. The Balaban J connectivity index is 1.87. The van der Waals surface area contributed by atoms with Gasteiger partial charge in [-0.15, -0.1) is 0 Å². The number of benzene rings is 3. The molecule has 0 aliphatic heterocycles. The fourth-order valence-corrected chi connectivity index (χ4v) is 12.7. The monoisotopic (exact) mass is 830 g/mol. The van der Waals surface area contributed by atoms with Crippen molar-refractivity contribution in [2.45, 2.75) is 11.0 Å². The van der Waals surface area contributed by atoms with Crippen molar-refractivity contribution in [3.8, 4) is 19.7 Å². The maximum absolute atomic E-state index is 12.9. The van der Waals surface area contributed by atoms with E-state index in [1.54, 1.807) is 12.1 Å². The Hall–Kier alpha value is -2.36. The second-order valence-electron chi connectivity index (χ2n) is 7.03. The van der Waals surface area contributed by atoms with Gasteiger partial charge in [0.25, 0.3) is 0 Å². The van der Waals surface area contributed by atoms with E-state index in [4.69, 9.17) is 0 Å². The number of hydrogen-bond donors (Lipinski definition) is 0. The minimum atomic E-state index is -5.89. The molecular formula is C24H14F6I2O6S2. The summed E-state index contributed by atoms with van der Waals surface area (Å²) in [6, 6.07) is 20.3. The Bertz CT molecular complexity index is 1530. The van der Waals surface area contributed by atoms with Crippen LogP contribution in [0.1, 0.15) is 11.1 Å². The Morgan fingerprint density at radius 1 is 0.525 bits per heavy atom. The van der Waals surface area contributed by atoms with Gasteiger partial charge in [-0.2, -0.15) is 0 Å². The molecule has 3 aromatic carbocycles. The zero-order valence-corrected chi connectivity index (χ0v) is 25.3. The van der Waals surface area contributed by atoms with Crippen molar-refractivity contribution < 1.29 is 48.2 Å². The molecule has 214 valence electrons. The topological polar surface area (TPSA) is 86.7 Å². The first kappa shape index (κ1) is 32.2. The molecule has 0 aromatic heterocycles. The van der Waals surface area contributed by atoms with Crippen LogP contribution in [0.15, 0.2) is 84.9 Å². The van der Waals surface area contributed by atoms with E-state index in [0.29, 0.717) is 0 Å². The Labute approximate surface area is 241 Å². The van der Waals surface area contributed by atoms with E-state index in [9.17, 15) is 43.2 Å². The van der Waals surface area contributed by atoms with Crippen molar-refractivity contribution in [1.29, 1.82) is 0 Å². The van der Waals surface area contributed by atoms with Crippen molar-refractivity contribution in [1.82, 2.24) is 0 Å². The third kappa shape index (κ3) is 8.82. The molecule has 0 N–H and O–H groups in total. The van der Waals surface area contributed by atoms with E-state index < -0.39 is 71.7 Å². The van der Waals surface area contributed by atoms with Crippen molar-refractivity contribution in [2.75, 3.05) is 0 Å². The van der Waals surface area contributed by atoms with E-state index in [1.807, 2.05) is 0 Å². The summed E-state index contributed by atoms with van der Waals surface area (Å²) in [5, 5.41) is 0. The fourth-order valence-electron chi connectivity index (χ4n) is 2.34. The molecule has 16 heteroatoms. The first-order valence-electron chi connectivity index (χ1n) is 10.2. The zero-order valence-electron chi connectivity index (χ0n) is 19.4. The molecule has 0 bridgehead atoms. The molecule has 0 saturated heterocycles. The van der Waals surface area contributed by atoms with Crippen LogP contribution in [0.4, 0.5) is 26.3 Å². The minimum absolute atomic E-state index is 0.209. The van der Waals surface area contributed by atoms with Crippen LogP contribution >= 0.6 is 40.5 Å². The molecule has 0 unspecified atom stereocenters. The van der Waals surface area contributed by atoms with Crippen LogP contribution in [-0.4, -0.2) is 27.9 Å². The van der Waals surface area contributed by atoms with Gasteiger partial charge in [0.2, 0.25) is 0 Å². The van der Waals surface area contributed by atoms with Crippen LogP contribution in [0, 0.1) is 26.8 Å². The molecule has 0 atom stereocenters. The molecule has 0 amide bonds. The van der Waals surface area contributed by atoms with Crippen LogP contribution < -0.4 is 0 Å². The normalized spacial score (nSPS) is 12.8. The average molecular weight is 830 g/mol. The summed E-state index contributed by atoms with van der Waals surface area (Å²) in [6.45, 7) is 0. The van der Waals surface area contributed by atoms with Gasteiger partial charge in [0.1, 0.15) is 0 Å². The average Bonchev–Trinajstić information content (AvgIpc) is 2.89. The fraction of sp³-hybridized carbons (Fsp3) is 0.0833. The van der Waals surface area contributed by atoms with Crippen LogP contribution in [0.3, 0.4) is 0 Å². The SMILES string of the molecule is O=S(=O)(OI(C#Cc1ccc(C#CI(OS(=O)(=O)C(F)(F)F)c2ccccc2)cc1)c1ccccc1)C(F)(F)F. The predicted octanol–water partition coefficient (Wildman–Crippen LogP) is 6.62. The summed E-state index contributed by atoms with van der Waals surface area (Å²) in [6.07, 6.45) is 0. The second-order valence-corrected chi connectivity index (χ2v) is 18.6. The molecule has 0 heterocycles. The molecule has 0 fully saturated rings. The first-order valence-corrected chi connectivity index (χ1v) is 19.1. The summed E-state index contributed by atoms with van der Waals surface area (Å²) in [5.74, 6) is 5.16. The van der Waals surface area contributed by atoms with Crippen LogP contribution in [0.25, 0.3) is 0 Å². The number of halogens is 8. The summed E-state index contributed by atoms with van der Waals surface area (Å²) in [5.41, 5.74) is -10.7. The molecule has 3 aromatic rings. The summed E-state index contributed by atoms with van der Waals surface area (Å²) in [4.78, 5) is 0. The molecule has 0 aliphatic rings. The molecule has 40 heavy (non-hydrogen) atoms. The molecule has 0 spiro atoms. The van der Waals surface area contributed by atoms with Gasteiger partial charge in [0.15, 0.2) is 0 Å². The van der Waals surface area contributed by atoms with Gasteiger partial charge in [-0.1, -0.05) is 0 Å². The van der Waals surface area contributed by atoms with Gasteiger partial charge >= 0.3 is 243 Å². The van der Waals surface area contributed by atoms with E-state index in [1.165, 1.54) is 72.8 Å². The molecular weight excluding hydrogens is 816 g/mol. The Morgan fingerprint density at radius 3 is 1.10 bits per heavy atom. The van der Waals surface area contributed by atoms with Crippen LogP contribution in [-0.2, 0) is 25.3 Å². The predicted molar refractivity (Wildman–Crippen MR) is 151 cm³/mol. The summed E-state index contributed by atoms with van der Waals surface area (Å²) >= 11 is -7.33. The van der Waals surface area contributed by atoms with Crippen molar-refractivity contribution >= 4 is 60.7 Å². The Morgan fingerprint density at radius 2 is 0.825 bits per heavy atom. The van der Waals surface area contributed by atoms with Gasteiger partial charge in [-0.3, -0.25) is 0 Å². The van der Waals surface area contributed by atoms with E-state index in [0.717, 1.165) is 0 Å². The quantitative estimate of drug-likeness (QED) is 0.120. The van der Waals surface area contributed by atoms with E-state index in [-0.39, 0.29) is 18.3 Å². The van der Waals surface area contributed by atoms with Gasteiger partial charge in [0.05, 0.1) is 0 Å². The molecule has 0 radical (unpaired) electrons. The van der Waals surface area contributed by atoms with Crippen molar-refractivity contribution in [2.24, 2.45) is 0 Å². The third-order valence-electron chi connectivity index (χ3n) is 4.16. The number of rotatable bonds is 6. The van der Waals surface area contributed by atoms with Gasteiger partial charge in [0, 0.05) is 0 Å². The van der Waals surface area contributed by atoms with E-state index >= 15 is 0 Å². The molecule has 6 nitrogen and oxygen atoms in total. The summed E-state index contributed by atoms with van der Waals surface area (Å²) in [7, 11) is -11.8. The number of hydrogen-bond acceptors (Lipinski definition) is 6. The van der Waals surface area contributed by atoms with Crippen LogP contribution in [0.5, 0.6) is 0 Å². The molecule has 3 rings (SSSR count). The van der Waals surface area contributed by atoms with Gasteiger partial charge < -0.3 is 0 Å².